The molecule has 0 radical (unpaired) electrons. The number of piperidine rings is 1. The fraction of sp³-hybridized carbons (Fsp3) is 0.560. The van der Waals surface area contributed by atoms with Gasteiger partial charge in [-0.1, -0.05) is 11.6 Å². The summed E-state index contributed by atoms with van der Waals surface area (Å²) in [5.74, 6) is 0.384. The Morgan fingerprint density at radius 2 is 1.76 bits per heavy atom. The number of hydrogen-bond acceptors (Lipinski definition) is 3. The van der Waals surface area contributed by atoms with Crippen molar-refractivity contribution in [2.24, 2.45) is 0 Å². The van der Waals surface area contributed by atoms with Gasteiger partial charge in [0.25, 0.3) is 5.91 Å². The molecule has 1 saturated heterocycles. The second-order valence-electron chi connectivity index (χ2n) is 10.2. The Balaban J connectivity index is 1.59. The Morgan fingerprint density at radius 3 is 2.32 bits per heavy atom. The largest absolute Gasteiger partial charge is 0.489 e. The van der Waals surface area contributed by atoms with Crippen LogP contribution in [0.1, 0.15) is 62.3 Å². The van der Waals surface area contributed by atoms with E-state index in [1.807, 2.05) is 34.7 Å². The summed E-state index contributed by atoms with van der Waals surface area (Å²) in [6.45, 7) is 8.87. The van der Waals surface area contributed by atoms with Gasteiger partial charge in [-0.05, 0) is 77.9 Å². The minimum Gasteiger partial charge on any atom is -0.489 e. The number of nitrogens with zero attached hydrogens (tertiary/aromatic N) is 3. The molecule has 2 aromatic rings. The molecule has 0 aliphatic carbocycles. The zero-order valence-electron chi connectivity index (χ0n) is 20.2. The quantitative estimate of drug-likeness (QED) is 0.537. The normalized spacial score (nSPS) is 20.0. The molecule has 0 atom stereocenters. The van der Waals surface area contributed by atoms with E-state index in [1.54, 1.807) is 29.2 Å². The zero-order chi connectivity index (χ0) is 25.1. The van der Waals surface area contributed by atoms with E-state index >= 15 is 0 Å². The third-order valence-electron chi connectivity index (χ3n) is 7.26. The van der Waals surface area contributed by atoms with Gasteiger partial charge in [0.2, 0.25) is 0 Å². The topological polar surface area (TPSA) is 37.7 Å². The third-order valence-corrected chi connectivity index (χ3v) is 7.56. The molecule has 1 aromatic carbocycles. The number of carbonyl (C=O) groups excluding carboxylic acids is 1. The SMILES string of the molecule is CC(C)Oc1ccc(C(=O)N2CCC3(CC2)c2ccc(C(F)(F)F)n2CC(C)(C)N3C)cc1Cl. The highest BCUT2D eigenvalue weighted by Gasteiger charge is 2.52. The zero-order valence-corrected chi connectivity index (χ0v) is 20.9. The second kappa shape index (κ2) is 8.48. The lowest BCUT2D eigenvalue weighted by Crippen LogP contribution is -2.64. The van der Waals surface area contributed by atoms with Crippen LogP contribution in [-0.2, 0) is 18.3 Å². The summed E-state index contributed by atoms with van der Waals surface area (Å²) < 4.78 is 48.2. The van der Waals surface area contributed by atoms with E-state index in [0.717, 1.165) is 0 Å². The van der Waals surface area contributed by atoms with Crippen molar-refractivity contribution in [2.45, 2.75) is 70.4 Å². The molecule has 1 aromatic heterocycles. The molecule has 34 heavy (non-hydrogen) atoms. The molecular weight excluding hydrogens is 467 g/mol. The Morgan fingerprint density at radius 1 is 1.12 bits per heavy atom. The molecule has 0 saturated carbocycles. The molecule has 2 aliphatic heterocycles. The summed E-state index contributed by atoms with van der Waals surface area (Å²) in [6.07, 6.45) is -3.36. The molecule has 1 fully saturated rings. The van der Waals surface area contributed by atoms with Crippen molar-refractivity contribution >= 4 is 17.5 Å². The van der Waals surface area contributed by atoms with Crippen LogP contribution >= 0.6 is 11.6 Å². The second-order valence-corrected chi connectivity index (χ2v) is 10.6. The maximum Gasteiger partial charge on any atom is 0.431 e. The number of halogens is 4. The first-order valence-electron chi connectivity index (χ1n) is 11.5. The highest BCUT2D eigenvalue weighted by atomic mass is 35.5. The van der Waals surface area contributed by atoms with Gasteiger partial charge in [-0.15, -0.1) is 0 Å². The number of fused-ring (bicyclic) bond motifs is 2. The van der Waals surface area contributed by atoms with Gasteiger partial charge >= 0.3 is 6.18 Å². The van der Waals surface area contributed by atoms with Gasteiger partial charge in [0.15, 0.2) is 0 Å². The van der Waals surface area contributed by atoms with Crippen LogP contribution in [-0.4, -0.2) is 52.1 Å². The maximum absolute atomic E-state index is 13.7. The van der Waals surface area contributed by atoms with Crippen molar-refractivity contribution in [3.05, 3.63) is 52.3 Å². The van der Waals surface area contributed by atoms with Crippen molar-refractivity contribution in [1.82, 2.24) is 14.4 Å². The van der Waals surface area contributed by atoms with Crippen LogP contribution in [0.3, 0.4) is 0 Å². The van der Waals surface area contributed by atoms with Crippen LogP contribution in [0.2, 0.25) is 5.02 Å². The number of rotatable bonds is 3. The monoisotopic (exact) mass is 497 g/mol. The molecule has 3 heterocycles. The average molecular weight is 498 g/mol. The van der Waals surface area contributed by atoms with Crippen LogP contribution < -0.4 is 4.74 Å². The van der Waals surface area contributed by atoms with Gasteiger partial charge in [0, 0.05) is 36.4 Å². The van der Waals surface area contributed by atoms with E-state index in [9.17, 15) is 18.0 Å². The Labute approximate surface area is 203 Å². The molecule has 0 unspecified atom stereocenters. The number of carbonyl (C=O) groups is 1. The molecular formula is C25H31ClF3N3O2. The lowest BCUT2D eigenvalue weighted by atomic mass is 9.77. The maximum atomic E-state index is 13.7. The Kier molecular flexibility index (Phi) is 6.22. The fourth-order valence-electron chi connectivity index (χ4n) is 5.37. The lowest BCUT2D eigenvalue weighted by Gasteiger charge is -2.57. The van der Waals surface area contributed by atoms with E-state index in [1.165, 1.54) is 10.6 Å². The minimum atomic E-state index is -4.41. The van der Waals surface area contributed by atoms with Crippen LogP contribution in [0.4, 0.5) is 13.2 Å². The van der Waals surface area contributed by atoms with Crippen molar-refractivity contribution in [1.29, 1.82) is 0 Å². The van der Waals surface area contributed by atoms with Crippen LogP contribution in [0.25, 0.3) is 0 Å². The summed E-state index contributed by atoms with van der Waals surface area (Å²) in [6, 6.07) is 7.81. The van der Waals surface area contributed by atoms with E-state index in [4.69, 9.17) is 16.3 Å². The standard InChI is InChI=1S/C25H31ClF3N3O2/c1-16(2)34-19-7-6-17(14-18(19)26)22(33)31-12-10-24(11-13-31)20-8-9-21(25(27,28)29)32(20)15-23(3,4)30(24)5/h6-9,14,16H,10-13,15H2,1-5H3. The molecule has 1 amide bonds. The molecule has 4 rings (SSSR count). The number of benzene rings is 1. The van der Waals surface area contributed by atoms with E-state index < -0.39 is 22.9 Å². The molecule has 0 bridgehead atoms. The van der Waals surface area contributed by atoms with Gasteiger partial charge < -0.3 is 14.2 Å². The van der Waals surface area contributed by atoms with Crippen molar-refractivity contribution in [3.8, 4) is 5.75 Å². The Hall–Kier alpha value is -2.19. The number of amides is 1. The summed E-state index contributed by atoms with van der Waals surface area (Å²) in [7, 11) is 1.98. The number of hydrogen-bond donors (Lipinski definition) is 0. The van der Waals surface area contributed by atoms with E-state index in [0.29, 0.717) is 48.0 Å². The first kappa shape index (κ1) is 24.9. The summed E-state index contributed by atoms with van der Waals surface area (Å²) in [4.78, 5) is 17.2. The number of ether oxygens (including phenoxy) is 1. The van der Waals surface area contributed by atoms with Crippen molar-refractivity contribution in [2.75, 3.05) is 20.1 Å². The molecule has 186 valence electrons. The first-order valence-corrected chi connectivity index (χ1v) is 11.9. The highest BCUT2D eigenvalue weighted by Crippen LogP contribution is 2.48. The van der Waals surface area contributed by atoms with Gasteiger partial charge in [-0.25, -0.2) is 0 Å². The molecule has 9 heteroatoms. The number of likely N-dealkylation sites (N-methyl/N-ethyl adjacent to an activating group) is 1. The number of likely N-dealkylation sites (tertiary alicyclic amines) is 1. The molecule has 1 spiro atoms. The number of aromatic nitrogens is 1. The van der Waals surface area contributed by atoms with Gasteiger partial charge in [-0.3, -0.25) is 9.69 Å². The fourth-order valence-corrected chi connectivity index (χ4v) is 5.60. The van der Waals surface area contributed by atoms with E-state index in [2.05, 4.69) is 4.90 Å². The van der Waals surface area contributed by atoms with E-state index in [-0.39, 0.29) is 18.6 Å². The van der Waals surface area contributed by atoms with Crippen LogP contribution in [0, 0.1) is 0 Å². The summed E-state index contributed by atoms with van der Waals surface area (Å²) >= 11 is 6.32. The third kappa shape index (κ3) is 4.19. The highest BCUT2D eigenvalue weighted by molar-refractivity contribution is 6.32. The van der Waals surface area contributed by atoms with Gasteiger partial charge in [0.1, 0.15) is 11.4 Å². The van der Waals surface area contributed by atoms with Gasteiger partial charge in [-0.2, -0.15) is 13.2 Å². The molecule has 0 N–H and O–H groups in total. The Bertz CT molecular complexity index is 1090. The van der Waals surface area contributed by atoms with Gasteiger partial charge in [0.05, 0.1) is 16.7 Å². The van der Waals surface area contributed by atoms with Crippen LogP contribution in [0.15, 0.2) is 30.3 Å². The van der Waals surface area contributed by atoms with Crippen molar-refractivity contribution < 1.29 is 22.7 Å². The van der Waals surface area contributed by atoms with Crippen molar-refractivity contribution in [3.63, 3.8) is 0 Å². The predicted octanol–water partition coefficient (Wildman–Crippen LogP) is 5.80. The predicted molar refractivity (Wildman–Crippen MR) is 125 cm³/mol. The lowest BCUT2D eigenvalue weighted by molar-refractivity contribution is -0.147. The first-order chi connectivity index (χ1) is 15.8. The molecule has 5 nitrogen and oxygen atoms in total. The summed E-state index contributed by atoms with van der Waals surface area (Å²) in [5, 5.41) is 0.374. The molecule has 2 aliphatic rings. The summed E-state index contributed by atoms with van der Waals surface area (Å²) in [5.41, 5.74) is -0.518. The smallest absolute Gasteiger partial charge is 0.431 e. The average Bonchev–Trinajstić information content (AvgIpc) is 3.17. The minimum absolute atomic E-state index is 0.0362. The number of alkyl halides is 3. The van der Waals surface area contributed by atoms with Crippen LogP contribution in [0.5, 0.6) is 5.75 Å².